The van der Waals surface area contributed by atoms with Crippen molar-refractivity contribution in [1.29, 1.82) is 0 Å². The summed E-state index contributed by atoms with van der Waals surface area (Å²) in [4.78, 5) is 10.2. The lowest BCUT2D eigenvalue weighted by Crippen LogP contribution is -2.24. The molecule has 0 aliphatic heterocycles. The highest BCUT2D eigenvalue weighted by molar-refractivity contribution is 7.80. The molecule has 0 aliphatic carbocycles. The van der Waals surface area contributed by atoms with Crippen molar-refractivity contribution in [3.8, 4) is 0 Å². The van der Waals surface area contributed by atoms with Gasteiger partial charge < -0.3 is 14.9 Å². The lowest BCUT2D eigenvalue weighted by atomic mass is 10.3. The smallest absolute Gasteiger partial charge is 0.306 e. The Hall–Kier alpha value is -0.680. The third kappa shape index (κ3) is 6.48. The number of ether oxygens (including phenoxy) is 1. The molecule has 1 unspecified atom stereocenters. The predicted molar refractivity (Wildman–Crippen MR) is 51.7 cm³/mol. The van der Waals surface area contributed by atoms with E-state index >= 15 is 0 Å². The first-order chi connectivity index (χ1) is 6.07. The number of hydrogen-bond acceptors (Lipinski definition) is 4. The molecule has 0 fully saturated rings. The second-order valence-electron chi connectivity index (χ2n) is 2.63. The van der Waals surface area contributed by atoms with E-state index < -0.39 is 18.5 Å². The van der Waals surface area contributed by atoms with Crippen LogP contribution >= 0.6 is 12.2 Å². The fourth-order valence-corrected chi connectivity index (χ4v) is 0.829. The first-order valence-corrected chi connectivity index (χ1v) is 4.55. The lowest BCUT2D eigenvalue weighted by molar-refractivity contribution is -0.138. The Morgan fingerprint density at radius 2 is 2.23 bits per heavy atom. The van der Waals surface area contributed by atoms with Crippen LogP contribution in [0.4, 0.5) is 0 Å². The molecule has 13 heavy (non-hydrogen) atoms. The molecular formula is C8H14O4S. The van der Waals surface area contributed by atoms with Gasteiger partial charge >= 0.3 is 5.97 Å². The monoisotopic (exact) mass is 206 g/mol. The van der Waals surface area contributed by atoms with Gasteiger partial charge in [-0.25, -0.2) is 0 Å². The van der Waals surface area contributed by atoms with E-state index in [1.807, 2.05) is 6.92 Å². The van der Waals surface area contributed by atoms with Gasteiger partial charge in [0.25, 0.3) is 0 Å². The standard InChI is InChI=1S/C8H14O4S/c1-2-3-4-12-8(13)6(9)5-7(10)11/h6,9H,2-5H2,1H3,(H,10,11). The molecule has 0 heterocycles. The summed E-state index contributed by atoms with van der Waals surface area (Å²) in [5, 5.41) is 17.4. The van der Waals surface area contributed by atoms with Crippen molar-refractivity contribution >= 4 is 23.2 Å². The zero-order valence-corrected chi connectivity index (χ0v) is 8.34. The number of aliphatic carboxylic acids is 1. The number of carboxylic acid groups (broad SMARTS) is 1. The quantitative estimate of drug-likeness (QED) is 0.500. The zero-order valence-electron chi connectivity index (χ0n) is 7.52. The highest BCUT2D eigenvalue weighted by Crippen LogP contribution is 1.99. The SMILES string of the molecule is CCCCOC(=S)C(O)CC(=O)O. The van der Waals surface area contributed by atoms with Gasteiger partial charge in [0, 0.05) is 0 Å². The van der Waals surface area contributed by atoms with E-state index in [9.17, 15) is 4.79 Å². The van der Waals surface area contributed by atoms with Crippen LogP contribution in [0.15, 0.2) is 0 Å². The number of aliphatic hydroxyl groups excluding tert-OH is 1. The molecule has 76 valence electrons. The highest BCUT2D eigenvalue weighted by Gasteiger charge is 2.15. The maximum absolute atomic E-state index is 10.2. The Morgan fingerprint density at radius 3 is 2.69 bits per heavy atom. The van der Waals surface area contributed by atoms with Crippen LogP contribution in [0, 0.1) is 0 Å². The van der Waals surface area contributed by atoms with E-state index in [0.29, 0.717) is 6.61 Å². The first kappa shape index (κ1) is 12.3. The van der Waals surface area contributed by atoms with E-state index in [1.54, 1.807) is 0 Å². The molecule has 0 spiro atoms. The van der Waals surface area contributed by atoms with E-state index in [-0.39, 0.29) is 5.05 Å². The molecule has 0 saturated carbocycles. The van der Waals surface area contributed by atoms with Gasteiger partial charge in [-0.2, -0.15) is 0 Å². The van der Waals surface area contributed by atoms with Crippen LogP contribution in [0.1, 0.15) is 26.2 Å². The van der Waals surface area contributed by atoms with Crippen LogP contribution < -0.4 is 0 Å². The van der Waals surface area contributed by atoms with Crippen LogP contribution in [0.5, 0.6) is 0 Å². The molecule has 4 nitrogen and oxygen atoms in total. The average molecular weight is 206 g/mol. The minimum atomic E-state index is -1.18. The summed E-state index contributed by atoms with van der Waals surface area (Å²) in [6.07, 6.45) is 0.243. The van der Waals surface area contributed by atoms with E-state index in [0.717, 1.165) is 12.8 Å². The Morgan fingerprint density at radius 1 is 1.62 bits per heavy atom. The Labute approximate surface area is 82.5 Å². The number of carbonyl (C=O) groups is 1. The Bertz CT molecular complexity index is 181. The molecule has 2 N–H and O–H groups in total. The molecule has 0 rings (SSSR count). The van der Waals surface area contributed by atoms with Crippen molar-refractivity contribution in [2.75, 3.05) is 6.61 Å². The summed E-state index contributed by atoms with van der Waals surface area (Å²) < 4.78 is 4.96. The summed E-state index contributed by atoms with van der Waals surface area (Å²) in [5.74, 6) is -1.09. The van der Waals surface area contributed by atoms with Crippen molar-refractivity contribution in [3.63, 3.8) is 0 Å². The van der Waals surface area contributed by atoms with Crippen molar-refractivity contribution in [3.05, 3.63) is 0 Å². The molecule has 0 saturated heterocycles. The van der Waals surface area contributed by atoms with E-state index in [4.69, 9.17) is 14.9 Å². The van der Waals surface area contributed by atoms with Gasteiger partial charge in [-0.05, 0) is 18.6 Å². The summed E-state index contributed by atoms with van der Waals surface area (Å²) in [5.41, 5.74) is 0. The Balaban J connectivity index is 3.63. The van der Waals surface area contributed by atoms with Crippen molar-refractivity contribution in [2.45, 2.75) is 32.3 Å². The number of hydrogen-bond donors (Lipinski definition) is 2. The summed E-state index contributed by atoms with van der Waals surface area (Å²) >= 11 is 4.67. The first-order valence-electron chi connectivity index (χ1n) is 4.14. The molecule has 5 heteroatoms. The van der Waals surface area contributed by atoms with Gasteiger partial charge in [0.2, 0.25) is 0 Å². The molecule has 0 amide bonds. The highest BCUT2D eigenvalue weighted by atomic mass is 32.1. The van der Waals surface area contributed by atoms with Crippen LogP contribution in [-0.2, 0) is 9.53 Å². The van der Waals surface area contributed by atoms with Crippen LogP contribution in [0.2, 0.25) is 0 Å². The molecule has 0 aromatic carbocycles. The van der Waals surface area contributed by atoms with Gasteiger partial charge in [0.05, 0.1) is 13.0 Å². The summed E-state index contributed by atoms with van der Waals surface area (Å²) in [6, 6.07) is 0. The minimum absolute atomic E-state index is 0.0316. The number of carboxylic acids is 1. The largest absolute Gasteiger partial charge is 0.484 e. The van der Waals surface area contributed by atoms with Gasteiger partial charge in [-0.15, -0.1) is 0 Å². The lowest BCUT2D eigenvalue weighted by Gasteiger charge is -2.10. The third-order valence-electron chi connectivity index (χ3n) is 1.38. The van der Waals surface area contributed by atoms with Crippen LogP contribution in [-0.4, -0.2) is 33.9 Å². The van der Waals surface area contributed by atoms with Gasteiger partial charge in [0.15, 0.2) is 5.05 Å². The molecule has 0 aromatic rings. The van der Waals surface area contributed by atoms with Gasteiger partial charge in [-0.1, -0.05) is 13.3 Å². The topological polar surface area (TPSA) is 66.8 Å². The fraction of sp³-hybridized carbons (Fsp3) is 0.750. The minimum Gasteiger partial charge on any atom is -0.484 e. The molecule has 0 aromatic heterocycles. The average Bonchev–Trinajstić information content (AvgIpc) is 2.03. The molecular weight excluding hydrogens is 192 g/mol. The van der Waals surface area contributed by atoms with Crippen molar-refractivity contribution in [2.24, 2.45) is 0 Å². The number of unbranched alkanes of at least 4 members (excludes halogenated alkanes) is 1. The zero-order chi connectivity index (χ0) is 10.3. The second-order valence-corrected chi connectivity index (χ2v) is 3.04. The summed E-state index contributed by atoms with van der Waals surface area (Å²) in [7, 11) is 0. The fourth-order valence-electron chi connectivity index (χ4n) is 0.662. The molecule has 0 bridgehead atoms. The predicted octanol–water partition coefficient (Wildman–Crippen LogP) is 0.966. The normalized spacial score (nSPS) is 12.2. The molecule has 0 aliphatic rings. The van der Waals surface area contributed by atoms with Crippen molar-refractivity contribution < 1.29 is 19.7 Å². The number of aliphatic hydroxyl groups is 1. The van der Waals surface area contributed by atoms with E-state index in [1.165, 1.54) is 0 Å². The van der Waals surface area contributed by atoms with Crippen LogP contribution in [0.25, 0.3) is 0 Å². The number of thiocarbonyl (C=S) groups is 1. The van der Waals surface area contributed by atoms with E-state index in [2.05, 4.69) is 12.2 Å². The Kier molecular flexibility index (Phi) is 6.44. The number of rotatable bonds is 6. The van der Waals surface area contributed by atoms with Crippen LogP contribution in [0.3, 0.4) is 0 Å². The van der Waals surface area contributed by atoms with Gasteiger partial charge in [0.1, 0.15) is 6.10 Å². The second kappa shape index (κ2) is 6.80. The van der Waals surface area contributed by atoms with Crippen molar-refractivity contribution in [1.82, 2.24) is 0 Å². The molecule has 1 atom stereocenters. The third-order valence-corrected chi connectivity index (χ3v) is 1.77. The molecule has 0 radical (unpaired) electrons. The van der Waals surface area contributed by atoms with Gasteiger partial charge in [-0.3, -0.25) is 4.79 Å². The maximum Gasteiger partial charge on any atom is 0.306 e. The maximum atomic E-state index is 10.2. The summed E-state index contributed by atoms with van der Waals surface area (Å²) in [6.45, 7) is 2.44.